The van der Waals surface area contributed by atoms with Crippen LogP contribution in [0, 0.1) is 5.92 Å². The van der Waals surface area contributed by atoms with Crippen LogP contribution in [0.4, 0.5) is 0 Å². The molecule has 0 aromatic heterocycles. The predicted octanol–water partition coefficient (Wildman–Crippen LogP) is 3.72. The summed E-state index contributed by atoms with van der Waals surface area (Å²) in [4.78, 5) is 2.45. The molecule has 0 spiro atoms. The molecule has 1 saturated heterocycles. The van der Waals surface area contributed by atoms with Gasteiger partial charge in [0.1, 0.15) is 0 Å². The number of halogens is 1. The SMILES string of the molecule is COc1ccc(C(Cl)CN2CCC(C)CC2)cc1OC. The number of alkyl halides is 1. The summed E-state index contributed by atoms with van der Waals surface area (Å²) in [6, 6.07) is 5.91. The van der Waals surface area contributed by atoms with Crippen molar-refractivity contribution in [1.82, 2.24) is 4.90 Å². The molecule has 0 N–H and O–H groups in total. The Kier molecular flexibility index (Phi) is 5.55. The molecule has 1 aromatic rings. The Hall–Kier alpha value is -0.930. The first-order valence-corrected chi connectivity index (χ1v) is 7.66. The van der Waals surface area contributed by atoms with Crippen LogP contribution in [0.2, 0.25) is 0 Å². The van der Waals surface area contributed by atoms with E-state index in [2.05, 4.69) is 11.8 Å². The first-order valence-electron chi connectivity index (χ1n) is 7.22. The van der Waals surface area contributed by atoms with Crippen LogP contribution in [0.5, 0.6) is 11.5 Å². The summed E-state index contributed by atoms with van der Waals surface area (Å²) in [6.45, 7) is 5.52. The summed E-state index contributed by atoms with van der Waals surface area (Å²) in [5.41, 5.74) is 1.09. The van der Waals surface area contributed by atoms with Crippen molar-refractivity contribution < 1.29 is 9.47 Å². The van der Waals surface area contributed by atoms with Crippen LogP contribution in [0.3, 0.4) is 0 Å². The molecule has 0 bridgehead atoms. The van der Waals surface area contributed by atoms with E-state index in [1.807, 2.05) is 18.2 Å². The highest BCUT2D eigenvalue weighted by Gasteiger charge is 2.20. The molecule has 3 nitrogen and oxygen atoms in total. The van der Waals surface area contributed by atoms with Crippen molar-refractivity contribution in [2.45, 2.75) is 25.1 Å². The van der Waals surface area contributed by atoms with Crippen molar-refractivity contribution in [2.75, 3.05) is 33.9 Å². The van der Waals surface area contributed by atoms with Gasteiger partial charge < -0.3 is 14.4 Å². The summed E-state index contributed by atoms with van der Waals surface area (Å²) in [6.07, 6.45) is 2.55. The van der Waals surface area contributed by atoms with E-state index in [9.17, 15) is 0 Å². The highest BCUT2D eigenvalue weighted by molar-refractivity contribution is 6.21. The van der Waals surface area contributed by atoms with Gasteiger partial charge in [0.15, 0.2) is 11.5 Å². The minimum absolute atomic E-state index is 0.0109. The molecule has 1 heterocycles. The second-order valence-corrected chi connectivity index (χ2v) is 6.09. The van der Waals surface area contributed by atoms with Gasteiger partial charge in [-0.3, -0.25) is 0 Å². The second kappa shape index (κ2) is 7.19. The normalized spacial score (nSPS) is 18.8. The van der Waals surface area contributed by atoms with Crippen molar-refractivity contribution in [2.24, 2.45) is 5.92 Å². The van der Waals surface area contributed by atoms with Gasteiger partial charge in [-0.2, -0.15) is 0 Å². The summed E-state index contributed by atoms with van der Waals surface area (Å²) < 4.78 is 10.6. The molecule has 1 aromatic carbocycles. The van der Waals surface area contributed by atoms with Crippen LogP contribution >= 0.6 is 11.6 Å². The standard InChI is InChI=1S/C16H24ClNO2/c1-12-6-8-18(9-7-12)11-14(17)13-4-5-15(19-2)16(10-13)20-3/h4-5,10,12,14H,6-9,11H2,1-3H3. The maximum atomic E-state index is 6.56. The van der Waals surface area contributed by atoms with Gasteiger partial charge in [0, 0.05) is 6.54 Å². The van der Waals surface area contributed by atoms with Gasteiger partial charge in [-0.25, -0.2) is 0 Å². The Morgan fingerprint density at radius 1 is 1.20 bits per heavy atom. The van der Waals surface area contributed by atoms with Crippen molar-refractivity contribution >= 4 is 11.6 Å². The monoisotopic (exact) mass is 297 g/mol. The van der Waals surface area contributed by atoms with E-state index in [4.69, 9.17) is 21.1 Å². The summed E-state index contributed by atoms with van der Waals surface area (Å²) in [5.74, 6) is 2.33. The largest absolute Gasteiger partial charge is 0.493 e. The zero-order valence-corrected chi connectivity index (χ0v) is 13.3. The molecule has 1 aliphatic heterocycles. The number of benzene rings is 1. The fraction of sp³-hybridized carbons (Fsp3) is 0.625. The third-order valence-electron chi connectivity index (χ3n) is 4.06. The van der Waals surface area contributed by atoms with Crippen LogP contribution in [-0.2, 0) is 0 Å². The highest BCUT2D eigenvalue weighted by Crippen LogP contribution is 2.32. The average Bonchev–Trinajstić information content (AvgIpc) is 2.48. The van der Waals surface area contributed by atoms with Crippen molar-refractivity contribution in [3.8, 4) is 11.5 Å². The van der Waals surface area contributed by atoms with Gasteiger partial charge in [0.05, 0.1) is 19.6 Å². The molecule has 0 radical (unpaired) electrons. The number of hydrogen-bond acceptors (Lipinski definition) is 3. The maximum Gasteiger partial charge on any atom is 0.161 e. The molecule has 20 heavy (non-hydrogen) atoms. The summed E-state index contributed by atoms with van der Waals surface area (Å²) >= 11 is 6.56. The Morgan fingerprint density at radius 3 is 2.45 bits per heavy atom. The van der Waals surface area contributed by atoms with Gasteiger partial charge in [-0.1, -0.05) is 13.0 Å². The first-order chi connectivity index (χ1) is 9.63. The van der Waals surface area contributed by atoms with Crippen LogP contribution in [0.25, 0.3) is 0 Å². The van der Waals surface area contributed by atoms with E-state index in [0.717, 1.165) is 42.6 Å². The zero-order valence-electron chi connectivity index (χ0n) is 12.6. The lowest BCUT2D eigenvalue weighted by Gasteiger charge is -2.31. The molecular formula is C16H24ClNO2. The minimum Gasteiger partial charge on any atom is -0.493 e. The number of rotatable bonds is 5. The van der Waals surface area contributed by atoms with E-state index in [1.165, 1.54) is 12.8 Å². The first kappa shape index (κ1) is 15.5. The van der Waals surface area contributed by atoms with E-state index >= 15 is 0 Å². The highest BCUT2D eigenvalue weighted by atomic mass is 35.5. The topological polar surface area (TPSA) is 21.7 Å². The fourth-order valence-electron chi connectivity index (χ4n) is 2.62. The predicted molar refractivity (Wildman–Crippen MR) is 83.0 cm³/mol. The van der Waals surface area contributed by atoms with Gasteiger partial charge in [0.25, 0.3) is 0 Å². The van der Waals surface area contributed by atoms with E-state index in [1.54, 1.807) is 14.2 Å². The summed E-state index contributed by atoms with van der Waals surface area (Å²) in [5, 5.41) is -0.0109. The number of likely N-dealkylation sites (tertiary alicyclic amines) is 1. The van der Waals surface area contributed by atoms with Crippen molar-refractivity contribution in [1.29, 1.82) is 0 Å². The molecule has 2 rings (SSSR count). The number of piperidine rings is 1. The molecule has 112 valence electrons. The third-order valence-corrected chi connectivity index (χ3v) is 4.45. The van der Waals surface area contributed by atoms with E-state index in [0.29, 0.717) is 0 Å². The Bertz CT molecular complexity index is 430. The lowest BCUT2D eigenvalue weighted by Crippen LogP contribution is -2.35. The minimum atomic E-state index is -0.0109. The summed E-state index contributed by atoms with van der Waals surface area (Å²) in [7, 11) is 3.29. The molecule has 1 fully saturated rings. The van der Waals surface area contributed by atoms with Gasteiger partial charge >= 0.3 is 0 Å². The molecule has 1 unspecified atom stereocenters. The second-order valence-electron chi connectivity index (χ2n) is 5.57. The van der Waals surface area contributed by atoms with Gasteiger partial charge in [-0.15, -0.1) is 11.6 Å². The zero-order chi connectivity index (χ0) is 14.5. The van der Waals surface area contributed by atoms with Gasteiger partial charge in [-0.05, 0) is 49.5 Å². The maximum absolute atomic E-state index is 6.56. The smallest absolute Gasteiger partial charge is 0.161 e. The fourth-order valence-corrected chi connectivity index (χ4v) is 2.96. The number of methoxy groups -OCH3 is 2. The molecule has 4 heteroatoms. The number of nitrogens with zero attached hydrogens (tertiary/aromatic N) is 1. The van der Waals surface area contributed by atoms with Crippen LogP contribution in [0.15, 0.2) is 18.2 Å². The molecule has 1 atom stereocenters. The quantitative estimate of drug-likeness (QED) is 0.773. The van der Waals surface area contributed by atoms with E-state index in [-0.39, 0.29) is 5.38 Å². The van der Waals surface area contributed by atoms with Crippen molar-refractivity contribution in [3.05, 3.63) is 23.8 Å². The molecule has 0 aliphatic carbocycles. The third kappa shape index (κ3) is 3.80. The number of ether oxygens (including phenoxy) is 2. The Morgan fingerprint density at radius 2 is 1.85 bits per heavy atom. The lowest BCUT2D eigenvalue weighted by atomic mass is 9.99. The molecule has 0 saturated carbocycles. The molecular weight excluding hydrogens is 274 g/mol. The van der Waals surface area contributed by atoms with Crippen LogP contribution < -0.4 is 9.47 Å². The van der Waals surface area contributed by atoms with Crippen LogP contribution in [0.1, 0.15) is 30.7 Å². The molecule has 1 aliphatic rings. The number of hydrogen-bond donors (Lipinski definition) is 0. The van der Waals surface area contributed by atoms with E-state index < -0.39 is 0 Å². The Balaban J connectivity index is 2.00. The Labute approximate surface area is 126 Å². The average molecular weight is 298 g/mol. The van der Waals surface area contributed by atoms with Gasteiger partial charge in [0.2, 0.25) is 0 Å². The lowest BCUT2D eigenvalue weighted by molar-refractivity contribution is 0.192. The van der Waals surface area contributed by atoms with Crippen LogP contribution in [-0.4, -0.2) is 38.8 Å². The van der Waals surface area contributed by atoms with Crippen molar-refractivity contribution in [3.63, 3.8) is 0 Å². The molecule has 0 amide bonds.